The Labute approximate surface area is 175 Å². The maximum atomic E-state index is 13.0. The van der Waals surface area contributed by atoms with Gasteiger partial charge in [-0.25, -0.2) is 14.6 Å². The Morgan fingerprint density at radius 2 is 1.63 bits per heavy atom. The number of nitrogens with one attached hydrogen (secondary N) is 2. The Morgan fingerprint density at radius 1 is 1.00 bits per heavy atom. The Morgan fingerprint density at radius 3 is 2.27 bits per heavy atom. The molecule has 0 bridgehead atoms. The van der Waals surface area contributed by atoms with E-state index in [0.717, 1.165) is 33.6 Å². The van der Waals surface area contributed by atoms with Gasteiger partial charge >= 0.3 is 6.03 Å². The Kier molecular flexibility index (Phi) is 6.80. The Balaban J connectivity index is 1.57. The number of hydrazone groups is 1. The summed E-state index contributed by atoms with van der Waals surface area (Å²) in [5.74, 6) is 0.512. The number of nitrogens with zero attached hydrogens (tertiary/aromatic N) is 1. The van der Waals surface area contributed by atoms with Gasteiger partial charge in [-0.1, -0.05) is 29.8 Å². The quantitative estimate of drug-likeness (QED) is 0.421. The first-order valence-electron chi connectivity index (χ1n) is 9.56. The lowest BCUT2D eigenvalue weighted by Gasteiger charge is -2.13. The maximum Gasteiger partial charge on any atom is 0.339 e. The molecule has 0 radical (unpaired) electrons. The van der Waals surface area contributed by atoms with E-state index < -0.39 is 6.03 Å². The highest BCUT2D eigenvalue weighted by Crippen LogP contribution is 2.25. The van der Waals surface area contributed by atoms with Gasteiger partial charge in [-0.2, -0.15) is 5.10 Å². The van der Waals surface area contributed by atoms with Crippen LogP contribution in [0.5, 0.6) is 5.75 Å². The number of amides is 2. The van der Waals surface area contributed by atoms with Crippen molar-refractivity contribution in [2.24, 2.45) is 5.10 Å². The van der Waals surface area contributed by atoms with Gasteiger partial charge in [-0.15, -0.1) is 0 Å². The van der Waals surface area contributed by atoms with Crippen LogP contribution in [0.25, 0.3) is 0 Å². The lowest BCUT2D eigenvalue weighted by atomic mass is 10.1. The van der Waals surface area contributed by atoms with Gasteiger partial charge in [0, 0.05) is 5.69 Å². The fourth-order valence-electron chi connectivity index (χ4n) is 2.98. The van der Waals surface area contributed by atoms with E-state index in [-0.39, 0.29) is 5.82 Å². The minimum absolute atomic E-state index is 0.268. The van der Waals surface area contributed by atoms with Crippen molar-refractivity contribution in [1.82, 2.24) is 5.43 Å². The molecule has 0 heterocycles. The molecule has 2 amide bonds. The number of carbonyl (C=O) groups excluding carboxylic acids is 1. The maximum absolute atomic E-state index is 13.0. The molecule has 3 aromatic rings. The average molecular weight is 405 g/mol. The van der Waals surface area contributed by atoms with Gasteiger partial charge < -0.3 is 10.1 Å². The highest BCUT2D eigenvalue weighted by atomic mass is 19.1. The van der Waals surface area contributed by atoms with Gasteiger partial charge in [0.05, 0.1) is 6.21 Å². The van der Waals surface area contributed by atoms with Crippen molar-refractivity contribution in [3.63, 3.8) is 0 Å². The summed E-state index contributed by atoms with van der Waals surface area (Å²) in [7, 11) is 0. The van der Waals surface area contributed by atoms with Crippen molar-refractivity contribution in [2.75, 3.05) is 5.32 Å². The number of ether oxygens (including phenoxy) is 1. The van der Waals surface area contributed by atoms with Crippen molar-refractivity contribution >= 4 is 17.9 Å². The SMILES string of the molecule is Cc1ccc(NC(=O)N/N=C\c2cc(C)c(OCc3ccc(F)cc3)c(C)c2)cc1. The molecule has 0 unspecified atom stereocenters. The monoisotopic (exact) mass is 405 g/mol. The lowest BCUT2D eigenvalue weighted by Crippen LogP contribution is -2.24. The van der Waals surface area contributed by atoms with E-state index in [4.69, 9.17) is 4.74 Å². The normalized spacial score (nSPS) is 10.8. The fraction of sp³-hybridized carbons (Fsp3) is 0.167. The first kappa shape index (κ1) is 21.0. The molecule has 30 heavy (non-hydrogen) atoms. The average Bonchev–Trinajstić information content (AvgIpc) is 2.70. The Bertz CT molecular complexity index is 1020. The van der Waals surface area contributed by atoms with Crippen LogP contribution in [0.2, 0.25) is 0 Å². The molecule has 0 saturated heterocycles. The lowest BCUT2D eigenvalue weighted by molar-refractivity contribution is 0.252. The molecule has 3 rings (SSSR count). The van der Waals surface area contributed by atoms with Gasteiger partial charge in [0.25, 0.3) is 0 Å². The molecular weight excluding hydrogens is 381 g/mol. The van der Waals surface area contributed by atoms with Gasteiger partial charge in [-0.05, 0) is 79.4 Å². The summed E-state index contributed by atoms with van der Waals surface area (Å²) >= 11 is 0. The zero-order valence-electron chi connectivity index (χ0n) is 17.2. The number of carbonyl (C=O) groups is 1. The molecule has 0 fully saturated rings. The van der Waals surface area contributed by atoms with E-state index in [2.05, 4.69) is 15.8 Å². The smallest absolute Gasteiger partial charge is 0.339 e. The van der Waals surface area contributed by atoms with E-state index in [1.807, 2.05) is 57.2 Å². The largest absolute Gasteiger partial charge is 0.488 e. The number of urea groups is 1. The van der Waals surface area contributed by atoms with Crippen molar-refractivity contribution < 1.29 is 13.9 Å². The standard InChI is InChI=1S/C24H24FN3O2/c1-16-4-10-22(11-5-16)27-24(29)28-26-14-20-12-17(2)23(18(3)13-20)30-15-19-6-8-21(25)9-7-19/h4-14H,15H2,1-3H3,(H2,27,28,29)/b26-14-. The van der Waals surface area contributed by atoms with Crippen LogP contribution < -0.4 is 15.5 Å². The fourth-order valence-corrected chi connectivity index (χ4v) is 2.98. The summed E-state index contributed by atoms with van der Waals surface area (Å²) in [5, 5.41) is 6.72. The van der Waals surface area contributed by atoms with E-state index in [1.165, 1.54) is 12.1 Å². The number of halogens is 1. The van der Waals surface area contributed by atoms with E-state index >= 15 is 0 Å². The molecule has 0 saturated carbocycles. The minimum atomic E-state index is -0.414. The van der Waals surface area contributed by atoms with Crippen LogP contribution in [0.1, 0.15) is 27.8 Å². The molecule has 2 N–H and O–H groups in total. The summed E-state index contributed by atoms with van der Waals surface area (Å²) in [6, 6.07) is 17.2. The molecule has 6 heteroatoms. The van der Waals surface area contributed by atoms with Crippen LogP contribution in [0.3, 0.4) is 0 Å². The molecule has 0 aliphatic heterocycles. The van der Waals surface area contributed by atoms with Gasteiger partial charge in [0.2, 0.25) is 0 Å². The summed E-state index contributed by atoms with van der Waals surface area (Å²) in [6.45, 7) is 6.23. The predicted molar refractivity (Wildman–Crippen MR) is 118 cm³/mol. The molecule has 0 aliphatic rings. The molecule has 0 atom stereocenters. The van der Waals surface area contributed by atoms with Gasteiger partial charge in [0.15, 0.2) is 0 Å². The highest BCUT2D eigenvalue weighted by molar-refractivity contribution is 5.90. The van der Waals surface area contributed by atoms with E-state index in [0.29, 0.717) is 12.3 Å². The second-order valence-corrected chi connectivity index (χ2v) is 7.09. The van der Waals surface area contributed by atoms with Crippen LogP contribution >= 0.6 is 0 Å². The van der Waals surface area contributed by atoms with Crippen molar-refractivity contribution in [1.29, 1.82) is 0 Å². The van der Waals surface area contributed by atoms with E-state index in [9.17, 15) is 9.18 Å². The molecule has 3 aromatic carbocycles. The molecule has 5 nitrogen and oxygen atoms in total. The zero-order valence-corrected chi connectivity index (χ0v) is 17.2. The molecule has 154 valence electrons. The highest BCUT2D eigenvalue weighted by Gasteiger charge is 2.07. The van der Waals surface area contributed by atoms with Crippen molar-refractivity contribution in [2.45, 2.75) is 27.4 Å². The topological polar surface area (TPSA) is 62.7 Å². The third-order valence-electron chi connectivity index (χ3n) is 4.47. The summed E-state index contributed by atoms with van der Waals surface area (Å²) in [5.41, 5.74) is 7.90. The van der Waals surface area contributed by atoms with Crippen molar-refractivity contribution in [3.8, 4) is 5.75 Å². The molecule has 0 aromatic heterocycles. The third kappa shape index (κ3) is 5.91. The first-order chi connectivity index (χ1) is 14.4. The number of hydrogen-bond acceptors (Lipinski definition) is 3. The number of hydrogen-bond donors (Lipinski definition) is 2. The summed E-state index contributed by atoms with van der Waals surface area (Å²) < 4.78 is 18.9. The number of benzene rings is 3. The van der Waals surface area contributed by atoms with Crippen LogP contribution in [0.15, 0.2) is 65.8 Å². The number of aryl methyl sites for hydroxylation is 3. The van der Waals surface area contributed by atoms with Gasteiger partial charge in [-0.3, -0.25) is 0 Å². The molecule has 0 aliphatic carbocycles. The molecule has 0 spiro atoms. The second-order valence-electron chi connectivity index (χ2n) is 7.09. The molecular formula is C24H24FN3O2. The third-order valence-corrected chi connectivity index (χ3v) is 4.47. The van der Waals surface area contributed by atoms with Crippen molar-refractivity contribution in [3.05, 3.63) is 94.3 Å². The summed E-state index contributed by atoms with van der Waals surface area (Å²) in [4.78, 5) is 11.9. The zero-order chi connectivity index (χ0) is 21.5. The first-order valence-corrected chi connectivity index (χ1v) is 9.56. The Hall–Kier alpha value is -3.67. The van der Waals surface area contributed by atoms with Crippen LogP contribution in [-0.2, 0) is 6.61 Å². The number of anilines is 1. The van der Waals surface area contributed by atoms with Gasteiger partial charge in [0.1, 0.15) is 18.2 Å². The number of rotatable bonds is 6. The van der Waals surface area contributed by atoms with Crippen LogP contribution in [0.4, 0.5) is 14.9 Å². The van der Waals surface area contributed by atoms with Crippen LogP contribution in [0, 0.1) is 26.6 Å². The predicted octanol–water partition coefficient (Wildman–Crippen LogP) is 5.49. The summed E-state index contributed by atoms with van der Waals surface area (Å²) in [6.07, 6.45) is 1.58. The minimum Gasteiger partial charge on any atom is -0.488 e. The second kappa shape index (κ2) is 9.69. The van der Waals surface area contributed by atoms with Crippen LogP contribution in [-0.4, -0.2) is 12.2 Å². The van der Waals surface area contributed by atoms with E-state index in [1.54, 1.807) is 18.3 Å².